The second-order valence-corrected chi connectivity index (χ2v) is 3.83. The molecule has 18 heavy (non-hydrogen) atoms. The van der Waals surface area contributed by atoms with Crippen molar-refractivity contribution >= 4 is 11.9 Å². The van der Waals surface area contributed by atoms with E-state index in [0.717, 1.165) is 12.8 Å². The standard InChI is InChI=1S/C14H22O4/c1-4-7-10-12(18-14(16)9-6-3)11-17-13(15)8-5-2/h5-6,8-9,12H,4,7,10-11H2,1-3H3/b8-5+,9-6+. The fraction of sp³-hybridized carbons (Fsp3) is 0.571. The monoisotopic (exact) mass is 254 g/mol. The number of hydrogen-bond donors (Lipinski definition) is 0. The molecule has 0 heterocycles. The summed E-state index contributed by atoms with van der Waals surface area (Å²) >= 11 is 0. The van der Waals surface area contributed by atoms with Gasteiger partial charge in [-0.2, -0.15) is 0 Å². The van der Waals surface area contributed by atoms with Gasteiger partial charge in [-0.3, -0.25) is 0 Å². The maximum Gasteiger partial charge on any atom is 0.330 e. The minimum Gasteiger partial charge on any atom is -0.459 e. The lowest BCUT2D eigenvalue weighted by Gasteiger charge is -2.16. The molecule has 0 rings (SSSR count). The zero-order chi connectivity index (χ0) is 13.8. The molecule has 1 unspecified atom stereocenters. The summed E-state index contributed by atoms with van der Waals surface area (Å²) in [6.45, 7) is 5.64. The number of carbonyl (C=O) groups is 2. The minimum absolute atomic E-state index is 0.104. The van der Waals surface area contributed by atoms with Crippen molar-refractivity contribution in [2.45, 2.75) is 46.1 Å². The quantitative estimate of drug-likeness (QED) is 0.493. The van der Waals surface area contributed by atoms with Gasteiger partial charge in [0.25, 0.3) is 0 Å². The Kier molecular flexibility index (Phi) is 9.64. The van der Waals surface area contributed by atoms with Crippen LogP contribution in [0.25, 0.3) is 0 Å². The lowest BCUT2D eigenvalue weighted by Crippen LogP contribution is -2.24. The maximum atomic E-state index is 11.3. The summed E-state index contributed by atoms with van der Waals surface area (Å²) in [5.74, 6) is -0.818. The second-order valence-electron chi connectivity index (χ2n) is 3.83. The van der Waals surface area contributed by atoms with Crippen LogP contribution < -0.4 is 0 Å². The van der Waals surface area contributed by atoms with Gasteiger partial charge in [0.15, 0.2) is 0 Å². The smallest absolute Gasteiger partial charge is 0.330 e. The Labute approximate surface area is 109 Å². The highest BCUT2D eigenvalue weighted by atomic mass is 16.6. The first-order valence-corrected chi connectivity index (χ1v) is 6.26. The number of allylic oxidation sites excluding steroid dienone is 2. The van der Waals surface area contributed by atoms with Crippen LogP contribution in [-0.4, -0.2) is 24.6 Å². The molecule has 0 aliphatic heterocycles. The third kappa shape index (κ3) is 8.56. The number of rotatable bonds is 8. The van der Waals surface area contributed by atoms with Gasteiger partial charge in [0, 0.05) is 12.2 Å². The Bertz CT molecular complexity index is 305. The summed E-state index contributed by atoms with van der Waals surface area (Å²) < 4.78 is 10.2. The average molecular weight is 254 g/mol. The van der Waals surface area contributed by atoms with Crippen molar-refractivity contribution < 1.29 is 19.1 Å². The summed E-state index contributed by atoms with van der Waals surface area (Å²) in [6, 6.07) is 0. The molecule has 1 atom stereocenters. The van der Waals surface area contributed by atoms with Gasteiger partial charge in [0.05, 0.1) is 0 Å². The summed E-state index contributed by atoms with van der Waals surface area (Å²) in [7, 11) is 0. The molecular formula is C14H22O4. The van der Waals surface area contributed by atoms with E-state index in [0.29, 0.717) is 6.42 Å². The van der Waals surface area contributed by atoms with E-state index in [1.165, 1.54) is 12.2 Å². The minimum atomic E-state index is -0.416. The number of ether oxygens (including phenoxy) is 2. The summed E-state index contributed by atoms with van der Waals surface area (Å²) in [4.78, 5) is 22.5. The largest absolute Gasteiger partial charge is 0.459 e. The lowest BCUT2D eigenvalue weighted by atomic mass is 10.2. The Hall–Kier alpha value is -1.58. The molecule has 0 radical (unpaired) electrons. The van der Waals surface area contributed by atoms with Crippen LogP contribution in [0.2, 0.25) is 0 Å². The Balaban J connectivity index is 4.21. The topological polar surface area (TPSA) is 52.6 Å². The number of unbranched alkanes of at least 4 members (excludes halogenated alkanes) is 1. The van der Waals surface area contributed by atoms with Gasteiger partial charge in [-0.15, -0.1) is 0 Å². The molecule has 0 aliphatic rings. The first kappa shape index (κ1) is 16.4. The molecule has 0 fully saturated rings. The van der Waals surface area contributed by atoms with E-state index < -0.39 is 11.9 Å². The summed E-state index contributed by atoms with van der Waals surface area (Å²) in [5.41, 5.74) is 0. The molecule has 0 aromatic rings. The first-order valence-electron chi connectivity index (χ1n) is 6.26. The van der Waals surface area contributed by atoms with E-state index in [4.69, 9.17) is 9.47 Å². The van der Waals surface area contributed by atoms with Gasteiger partial charge >= 0.3 is 11.9 Å². The van der Waals surface area contributed by atoms with Gasteiger partial charge < -0.3 is 9.47 Å². The molecular weight excluding hydrogens is 232 g/mol. The Morgan fingerprint density at radius 2 is 1.72 bits per heavy atom. The predicted molar refractivity (Wildman–Crippen MR) is 70.0 cm³/mol. The molecule has 0 aromatic carbocycles. The lowest BCUT2D eigenvalue weighted by molar-refractivity contribution is -0.153. The van der Waals surface area contributed by atoms with Crippen LogP contribution in [0.4, 0.5) is 0 Å². The highest BCUT2D eigenvalue weighted by Crippen LogP contribution is 2.07. The SMILES string of the molecule is C/C=C/C(=O)OCC(CCCC)OC(=O)/C=C/C. The van der Waals surface area contributed by atoms with Gasteiger partial charge in [0.2, 0.25) is 0 Å². The number of carbonyl (C=O) groups excluding carboxylic acids is 2. The van der Waals surface area contributed by atoms with Crippen molar-refractivity contribution in [3.63, 3.8) is 0 Å². The highest BCUT2D eigenvalue weighted by Gasteiger charge is 2.14. The van der Waals surface area contributed by atoms with Gasteiger partial charge in [-0.25, -0.2) is 9.59 Å². The van der Waals surface area contributed by atoms with E-state index in [1.807, 2.05) is 0 Å². The average Bonchev–Trinajstić information content (AvgIpc) is 2.33. The van der Waals surface area contributed by atoms with E-state index in [-0.39, 0.29) is 12.7 Å². The van der Waals surface area contributed by atoms with Crippen LogP contribution in [0.3, 0.4) is 0 Å². The predicted octanol–water partition coefficient (Wildman–Crippen LogP) is 2.78. The molecule has 102 valence electrons. The Morgan fingerprint density at radius 1 is 1.11 bits per heavy atom. The molecule has 0 bridgehead atoms. The maximum absolute atomic E-state index is 11.3. The second kappa shape index (κ2) is 10.6. The van der Waals surface area contributed by atoms with E-state index in [9.17, 15) is 9.59 Å². The first-order chi connectivity index (χ1) is 8.63. The zero-order valence-corrected chi connectivity index (χ0v) is 11.3. The van der Waals surface area contributed by atoms with Crippen LogP contribution in [0, 0.1) is 0 Å². The van der Waals surface area contributed by atoms with Crippen molar-refractivity contribution in [3.8, 4) is 0 Å². The molecule has 4 nitrogen and oxygen atoms in total. The van der Waals surface area contributed by atoms with E-state index >= 15 is 0 Å². The van der Waals surface area contributed by atoms with Crippen LogP contribution in [0.1, 0.15) is 40.0 Å². The molecule has 4 heteroatoms. The molecule has 0 saturated carbocycles. The van der Waals surface area contributed by atoms with Crippen molar-refractivity contribution in [2.24, 2.45) is 0 Å². The van der Waals surface area contributed by atoms with Crippen LogP contribution in [-0.2, 0) is 19.1 Å². The molecule has 0 N–H and O–H groups in total. The highest BCUT2D eigenvalue weighted by molar-refractivity contribution is 5.82. The van der Waals surface area contributed by atoms with Crippen molar-refractivity contribution in [3.05, 3.63) is 24.3 Å². The normalized spacial score (nSPS) is 12.8. The fourth-order valence-corrected chi connectivity index (χ4v) is 1.31. The zero-order valence-electron chi connectivity index (χ0n) is 11.3. The molecule has 0 amide bonds. The van der Waals surface area contributed by atoms with E-state index in [2.05, 4.69) is 6.92 Å². The Morgan fingerprint density at radius 3 is 2.28 bits per heavy atom. The molecule has 0 aliphatic carbocycles. The molecule has 0 aromatic heterocycles. The fourth-order valence-electron chi connectivity index (χ4n) is 1.31. The van der Waals surface area contributed by atoms with Gasteiger partial charge in [-0.05, 0) is 26.7 Å². The van der Waals surface area contributed by atoms with Crippen LogP contribution >= 0.6 is 0 Å². The third-order valence-corrected chi connectivity index (χ3v) is 2.18. The van der Waals surface area contributed by atoms with Crippen LogP contribution in [0.15, 0.2) is 24.3 Å². The summed E-state index contributed by atoms with van der Waals surface area (Å²) in [5, 5.41) is 0. The van der Waals surface area contributed by atoms with Gasteiger partial charge in [-0.1, -0.05) is 25.5 Å². The van der Waals surface area contributed by atoms with Crippen LogP contribution in [0.5, 0.6) is 0 Å². The van der Waals surface area contributed by atoms with Gasteiger partial charge in [0.1, 0.15) is 12.7 Å². The number of hydrogen-bond acceptors (Lipinski definition) is 4. The van der Waals surface area contributed by atoms with Crippen molar-refractivity contribution in [1.29, 1.82) is 0 Å². The van der Waals surface area contributed by atoms with E-state index in [1.54, 1.807) is 26.0 Å². The molecule has 0 spiro atoms. The molecule has 0 saturated heterocycles. The third-order valence-electron chi connectivity index (χ3n) is 2.18. The van der Waals surface area contributed by atoms with Crippen molar-refractivity contribution in [1.82, 2.24) is 0 Å². The van der Waals surface area contributed by atoms with Crippen molar-refractivity contribution in [2.75, 3.05) is 6.61 Å². The number of esters is 2. The summed E-state index contributed by atoms with van der Waals surface area (Å²) in [6.07, 6.45) is 8.17.